The molecule has 108 valence electrons. The number of allylic oxidation sites excluding steroid dienone is 2. The fourth-order valence-electron chi connectivity index (χ4n) is 4.19. The van der Waals surface area contributed by atoms with Crippen molar-refractivity contribution in [3.05, 3.63) is 36.3 Å². The standard InChI is InChI=1S/C17H24N2O/c1-2-17(20-9-1)13-19-7-5-18(6-8-19)12-16-11-14-3-4-15(16)10-14/h1-4,9,14-16H,5-8,10-13H2/t14-,15-,16-/m0/s1. The number of piperazine rings is 1. The molecule has 1 aromatic heterocycles. The minimum atomic E-state index is 0.890. The Morgan fingerprint density at radius 3 is 2.55 bits per heavy atom. The highest BCUT2D eigenvalue weighted by Gasteiger charge is 2.36. The van der Waals surface area contributed by atoms with Crippen LogP contribution < -0.4 is 0 Å². The molecule has 2 aliphatic carbocycles. The maximum atomic E-state index is 5.44. The molecule has 0 unspecified atom stereocenters. The molecule has 2 bridgehead atoms. The lowest BCUT2D eigenvalue weighted by molar-refractivity contribution is 0.103. The van der Waals surface area contributed by atoms with Crippen LogP contribution in [0.5, 0.6) is 0 Å². The first-order valence-electron chi connectivity index (χ1n) is 8.02. The van der Waals surface area contributed by atoms with Gasteiger partial charge in [-0.05, 0) is 42.7 Å². The van der Waals surface area contributed by atoms with Gasteiger partial charge >= 0.3 is 0 Å². The molecule has 0 aromatic carbocycles. The summed E-state index contributed by atoms with van der Waals surface area (Å²) in [6.45, 7) is 7.09. The van der Waals surface area contributed by atoms with Crippen LogP contribution in [0.1, 0.15) is 18.6 Å². The summed E-state index contributed by atoms with van der Waals surface area (Å²) in [5.74, 6) is 3.82. The van der Waals surface area contributed by atoms with Gasteiger partial charge in [-0.2, -0.15) is 0 Å². The normalized spacial score (nSPS) is 34.1. The van der Waals surface area contributed by atoms with E-state index in [4.69, 9.17) is 4.42 Å². The molecule has 0 spiro atoms. The summed E-state index contributed by atoms with van der Waals surface area (Å²) in [5, 5.41) is 0. The van der Waals surface area contributed by atoms with Gasteiger partial charge in [0, 0.05) is 32.7 Å². The molecule has 3 heteroatoms. The third kappa shape index (κ3) is 2.57. The Morgan fingerprint density at radius 2 is 1.90 bits per heavy atom. The van der Waals surface area contributed by atoms with E-state index >= 15 is 0 Å². The Morgan fingerprint density at radius 1 is 1.05 bits per heavy atom. The molecule has 3 aliphatic rings. The van der Waals surface area contributed by atoms with E-state index in [-0.39, 0.29) is 0 Å². The lowest BCUT2D eigenvalue weighted by Crippen LogP contribution is -2.47. The molecule has 2 heterocycles. The van der Waals surface area contributed by atoms with Gasteiger partial charge in [-0.25, -0.2) is 0 Å². The summed E-state index contributed by atoms with van der Waals surface area (Å²) >= 11 is 0. The molecule has 0 amide bonds. The maximum Gasteiger partial charge on any atom is 0.117 e. The summed E-state index contributed by atoms with van der Waals surface area (Å²) in [7, 11) is 0. The van der Waals surface area contributed by atoms with Crippen molar-refractivity contribution in [2.24, 2.45) is 17.8 Å². The van der Waals surface area contributed by atoms with Gasteiger partial charge in [0.05, 0.1) is 12.8 Å². The minimum absolute atomic E-state index is 0.890. The van der Waals surface area contributed by atoms with Crippen molar-refractivity contribution in [1.29, 1.82) is 0 Å². The lowest BCUT2D eigenvalue weighted by atomic mass is 9.93. The van der Waals surface area contributed by atoms with E-state index in [1.54, 1.807) is 6.26 Å². The van der Waals surface area contributed by atoms with Crippen molar-refractivity contribution in [3.8, 4) is 0 Å². The highest BCUT2D eigenvalue weighted by atomic mass is 16.3. The molecule has 0 radical (unpaired) electrons. The van der Waals surface area contributed by atoms with E-state index in [1.165, 1.54) is 45.6 Å². The van der Waals surface area contributed by atoms with Crippen molar-refractivity contribution in [2.75, 3.05) is 32.7 Å². The zero-order chi connectivity index (χ0) is 13.4. The molecule has 1 aromatic rings. The van der Waals surface area contributed by atoms with Crippen molar-refractivity contribution in [1.82, 2.24) is 9.80 Å². The molecule has 4 rings (SSSR count). The zero-order valence-electron chi connectivity index (χ0n) is 12.1. The van der Waals surface area contributed by atoms with Crippen LogP contribution >= 0.6 is 0 Å². The van der Waals surface area contributed by atoms with Gasteiger partial charge in [0.1, 0.15) is 5.76 Å². The summed E-state index contributed by atoms with van der Waals surface area (Å²) < 4.78 is 5.44. The van der Waals surface area contributed by atoms with Crippen LogP contribution in [-0.4, -0.2) is 42.5 Å². The molecular formula is C17H24N2O. The number of furan rings is 1. The molecule has 20 heavy (non-hydrogen) atoms. The highest BCUT2D eigenvalue weighted by Crippen LogP contribution is 2.43. The van der Waals surface area contributed by atoms with Gasteiger partial charge in [0.2, 0.25) is 0 Å². The minimum Gasteiger partial charge on any atom is -0.468 e. The van der Waals surface area contributed by atoms with Crippen molar-refractivity contribution >= 4 is 0 Å². The van der Waals surface area contributed by atoms with Crippen LogP contribution in [0, 0.1) is 17.8 Å². The van der Waals surface area contributed by atoms with Gasteiger partial charge in [0.25, 0.3) is 0 Å². The molecule has 1 saturated carbocycles. The number of fused-ring (bicyclic) bond motifs is 2. The first-order chi connectivity index (χ1) is 9.87. The van der Waals surface area contributed by atoms with E-state index in [0.717, 1.165) is 30.1 Å². The van der Waals surface area contributed by atoms with Crippen molar-refractivity contribution < 1.29 is 4.42 Å². The average molecular weight is 272 g/mol. The number of rotatable bonds is 4. The van der Waals surface area contributed by atoms with Crippen LogP contribution in [0.15, 0.2) is 35.0 Å². The second kappa shape index (κ2) is 5.38. The quantitative estimate of drug-likeness (QED) is 0.786. The van der Waals surface area contributed by atoms with Crippen molar-refractivity contribution in [2.45, 2.75) is 19.4 Å². The van der Waals surface area contributed by atoms with Crippen LogP contribution in [0.25, 0.3) is 0 Å². The topological polar surface area (TPSA) is 19.6 Å². The van der Waals surface area contributed by atoms with Crippen LogP contribution in [0.4, 0.5) is 0 Å². The second-order valence-corrected chi connectivity index (χ2v) is 6.70. The maximum absolute atomic E-state index is 5.44. The Balaban J connectivity index is 1.24. The molecule has 2 fully saturated rings. The zero-order valence-corrected chi connectivity index (χ0v) is 12.1. The average Bonchev–Trinajstić information content (AvgIpc) is 3.18. The Hall–Kier alpha value is -1.06. The largest absolute Gasteiger partial charge is 0.468 e. The number of nitrogens with zero attached hydrogens (tertiary/aromatic N) is 2. The van der Waals surface area contributed by atoms with E-state index in [2.05, 4.69) is 28.0 Å². The third-order valence-corrected chi connectivity index (χ3v) is 5.33. The fraction of sp³-hybridized carbons (Fsp3) is 0.647. The summed E-state index contributed by atoms with van der Waals surface area (Å²) in [4.78, 5) is 5.19. The van der Waals surface area contributed by atoms with Crippen LogP contribution in [-0.2, 0) is 6.54 Å². The molecule has 3 nitrogen and oxygen atoms in total. The van der Waals surface area contributed by atoms with Gasteiger partial charge < -0.3 is 9.32 Å². The predicted molar refractivity (Wildman–Crippen MR) is 79.3 cm³/mol. The monoisotopic (exact) mass is 272 g/mol. The van der Waals surface area contributed by atoms with Crippen LogP contribution in [0.3, 0.4) is 0 Å². The summed E-state index contributed by atoms with van der Waals surface area (Å²) in [6, 6.07) is 4.06. The van der Waals surface area contributed by atoms with E-state index < -0.39 is 0 Å². The summed E-state index contributed by atoms with van der Waals surface area (Å²) in [5.41, 5.74) is 0. The van der Waals surface area contributed by atoms with Gasteiger partial charge in [-0.1, -0.05) is 12.2 Å². The molecule has 3 atom stereocenters. The van der Waals surface area contributed by atoms with E-state index in [0.29, 0.717) is 0 Å². The Kier molecular flexibility index (Phi) is 3.41. The van der Waals surface area contributed by atoms with Crippen LogP contribution in [0.2, 0.25) is 0 Å². The first-order valence-corrected chi connectivity index (χ1v) is 8.02. The highest BCUT2D eigenvalue weighted by molar-refractivity contribution is 5.10. The first kappa shape index (κ1) is 12.7. The molecule has 1 saturated heterocycles. The fourth-order valence-corrected chi connectivity index (χ4v) is 4.19. The third-order valence-electron chi connectivity index (χ3n) is 5.33. The number of hydrogen-bond donors (Lipinski definition) is 0. The van der Waals surface area contributed by atoms with Gasteiger partial charge in [-0.15, -0.1) is 0 Å². The molecule has 0 N–H and O–H groups in total. The molecular weight excluding hydrogens is 248 g/mol. The Labute approximate surface area is 121 Å². The summed E-state index contributed by atoms with van der Waals surface area (Å²) in [6.07, 6.45) is 9.57. The SMILES string of the molecule is C1=C[C@H]2C[C@H]1C[C@H]2CN1CCN(Cc2ccco2)CC1. The van der Waals surface area contributed by atoms with Crippen molar-refractivity contribution in [3.63, 3.8) is 0 Å². The second-order valence-electron chi connectivity index (χ2n) is 6.70. The van der Waals surface area contributed by atoms with Gasteiger partial charge in [-0.3, -0.25) is 4.90 Å². The molecule has 1 aliphatic heterocycles. The van der Waals surface area contributed by atoms with E-state index in [9.17, 15) is 0 Å². The lowest BCUT2D eigenvalue weighted by Gasteiger charge is -2.36. The smallest absolute Gasteiger partial charge is 0.117 e. The number of hydrogen-bond acceptors (Lipinski definition) is 3. The Bertz CT molecular complexity index is 459. The van der Waals surface area contributed by atoms with E-state index in [1.807, 2.05) is 6.07 Å². The predicted octanol–water partition coefficient (Wildman–Crippen LogP) is 2.61. The van der Waals surface area contributed by atoms with Gasteiger partial charge in [0.15, 0.2) is 0 Å².